The summed E-state index contributed by atoms with van der Waals surface area (Å²) in [4.78, 5) is 2.51. The summed E-state index contributed by atoms with van der Waals surface area (Å²) in [6, 6.07) is 6.87. The van der Waals surface area contributed by atoms with Crippen LogP contribution in [0.15, 0.2) is 18.2 Å². The van der Waals surface area contributed by atoms with Gasteiger partial charge in [0.25, 0.3) is 0 Å². The molecule has 1 N–H and O–H groups in total. The Morgan fingerprint density at radius 2 is 2.18 bits per heavy atom. The lowest BCUT2D eigenvalue weighted by molar-refractivity contribution is 0.0657. The normalized spacial score (nSPS) is 28.6. The number of nitrogens with zero attached hydrogens (tertiary/aromatic N) is 1. The second kappa shape index (κ2) is 7.20. The van der Waals surface area contributed by atoms with Gasteiger partial charge in [0.2, 0.25) is 0 Å². The van der Waals surface area contributed by atoms with E-state index in [4.69, 9.17) is 16.3 Å². The van der Waals surface area contributed by atoms with Crippen LogP contribution in [0.2, 0.25) is 5.02 Å². The third kappa shape index (κ3) is 3.76. The number of halogens is 1. The maximum Gasteiger partial charge on any atom is 0.121 e. The Hall–Kier alpha value is -0.770. The Labute approximate surface area is 139 Å². The number of hydrogen-bond donors (Lipinski definition) is 1. The molecule has 1 saturated heterocycles. The summed E-state index contributed by atoms with van der Waals surface area (Å²) < 4.78 is 6.03. The zero-order valence-electron chi connectivity index (χ0n) is 13.6. The Morgan fingerprint density at radius 3 is 2.82 bits per heavy atom. The van der Waals surface area contributed by atoms with E-state index in [-0.39, 0.29) is 0 Å². The molecule has 22 heavy (non-hydrogen) atoms. The fourth-order valence-corrected chi connectivity index (χ4v) is 3.82. The van der Waals surface area contributed by atoms with Gasteiger partial charge in [-0.3, -0.25) is 4.90 Å². The fourth-order valence-electron chi connectivity index (χ4n) is 3.59. The van der Waals surface area contributed by atoms with Crippen LogP contribution in [0.4, 0.5) is 0 Å². The van der Waals surface area contributed by atoms with E-state index in [1.165, 1.54) is 24.9 Å². The molecule has 0 amide bonds. The van der Waals surface area contributed by atoms with Crippen LogP contribution in [0.5, 0.6) is 5.75 Å². The molecule has 1 atom stereocenters. The van der Waals surface area contributed by atoms with Crippen molar-refractivity contribution in [3.63, 3.8) is 0 Å². The van der Waals surface area contributed by atoms with Crippen molar-refractivity contribution in [1.82, 2.24) is 10.2 Å². The fraction of sp³-hybridized carbons (Fsp3) is 0.667. The Balaban J connectivity index is 1.54. The summed E-state index contributed by atoms with van der Waals surface area (Å²) in [5, 5.41) is 4.06. The van der Waals surface area contributed by atoms with Crippen molar-refractivity contribution >= 4 is 11.6 Å². The van der Waals surface area contributed by atoms with Gasteiger partial charge < -0.3 is 10.1 Å². The first-order valence-electron chi connectivity index (χ1n) is 8.49. The quantitative estimate of drug-likeness (QED) is 0.864. The second-order valence-corrected chi connectivity index (χ2v) is 7.26. The average molecular weight is 323 g/mol. The monoisotopic (exact) mass is 322 g/mol. The zero-order chi connectivity index (χ0) is 15.5. The molecule has 3 rings (SSSR count). The number of rotatable bonds is 6. The molecule has 0 bridgehead atoms. The molecule has 4 heteroatoms. The summed E-state index contributed by atoms with van der Waals surface area (Å²) in [6.45, 7) is 5.53. The first-order chi connectivity index (χ1) is 10.7. The molecule has 0 aromatic heterocycles. The molecule has 1 aromatic rings. The smallest absolute Gasteiger partial charge is 0.121 e. The summed E-state index contributed by atoms with van der Waals surface area (Å²) in [5.74, 6) is 1.68. The molecule has 2 aliphatic rings. The Bertz CT molecular complexity index is 502. The molecular weight excluding hydrogens is 296 g/mol. The highest BCUT2D eigenvalue weighted by Gasteiger charge is 2.30. The molecule has 1 aromatic carbocycles. The highest BCUT2D eigenvalue weighted by Crippen LogP contribution is 2.33. The van der Waals surface area contributed by atoms with Crippen LogP contribution in [0.3, 0.4) is 0 Å². The lowest BCUT2D eigenvalue weighted by atomic mass is 9.82. The van der Waals surface area contributed by atoms with E-state index in [1.807, 2.05) is 13.1 Å². The molecule has 1 heterocycles. The van der Waals surface area contributed by atoms with Gasteiger partial charge in [0.05, 0.1) is 6.10 Å². The molecule has 0 spiro atoms. The molecule has 122 valence electrons. The van der Waals surface area contributed by atoms with Crippen LogP contribution in [-0.4, -0.2) is 37.2 Å². The Morgan fingerprint density at radius 1 is 1.36 bits per heavy atom. The van der Waals surface area contributed by atoms with Gasteiger partial charge >= 0.3 is 0 Å². The summed E-state index contributed by atoms with van der Waals surface area (Å²) in [5.41, 5.74) is 1.21. The minimum atomic E-state index is 0.360. The van der Waals surface area contributed by atoms with Crippen LogP contribution in [0, 0.1) is 5.92 Å². The van der Waals surface area contributed by atoms with Crippen molar-refractivity contribution < 1.29 is 4.74 Å². The van der Waals surface area contributed by atoms with E-state index in [1.54, 1.807) is 0 Å². The van der Waals surface area contributed by atoms with Gasteiger partial charge in [0, 0.05) is 17.6 Å². The highest BCUT2D eigenvalue weighted by atomic mass is 35.5. The van der Waals surface area contributed by atoms with Gasteiger partial charge in [-0.05, 0) is 76.4 Å². The van der Waals surface area contributed by atoms with Crippen molar-refractivity contribution in [1.29, 1.82) is 0 Å². The molecule has 2 fully saturated rings. The van der Waals surface area contributed by atoms with Crippen molar-refractivity contribution in [2.75, 3.05) is 20.1 Å². The first kappa shape index (κ1) is 16.1. The van der Waals surface area contributed by atoms with Gasteiger partial charge in [-0.25, -0.2) is 0 Å². The molecule has 0 unspecified atom stereocenters. The standard InChI is InChI=1S/C18H27ClN2O/c1-13-4-3-7-21(13)12-15-5-6-16(10-18(15)19)22-17-8-14(9-17)11-20-2/h5-6,10,13-14,17,20H,3-4,7-9,11-12H2,1-2H3/t13-,14?,17?/m0/s1. The molecular formula is C18H27ClN2O. The van der Waals surface area contributed by atoms with Crippen LogP contribution < -0.4 is 10.1 Å². The average Bonchev–Trinajstić information content (AvgIpc) is 2.85. The third-order valence-corrected chi connectivity index (χ3v) is 5.43. The van der Waals surface area contributed by atoms with Crippen molar-refractivity contribution in [3.05, 3.63) is 28.8 Å². The first-order valence-corrected chi connectivity index (χ1v) is 8.87. The van der Waals surface area contributed by atoms with Gasteiger partial charge in [-0.15, -0.1) is 0 Å². The van der Waals surface area contributed by atoms with E-state index in [0.29, 0.717) is 12.1 Å². The zero-order valence-corrected chi connectivity index (χ0v) is 14.4. The maximum absolute atomic E-state index is 6.46. The largest absolute Gasteiger partial charge is 0.490 e. The van der Waals surface area contributed by atoms with Crippen LogP contribution in [0.1, 0.15) is 38.2 Å². The molecule has 1 aliphatic heterocycles. The lowest BCUT2D eigenvalue weighted by Crippen LogP contribution is -2.38. The summed E-state index contributed by atoms with van der Waals surface area (Å²) in [6.07, 6.45) is 5.25. The van der Waals surface area contributed by atoms with E-state index < -0.39 is 0 Å². The van der Waals surface area contributed by atoms with Crippen LogP contribution in [0.25, 0.3) is 0 Å². The van der Waals surface area contributed by atoms with Crippen LogP contribution >= 0.6 is 11.6 Å². The van der Waals surface area contributed by atoms with Gasteiger partial charge in [-0.1, -0.05) is 17.7 Å². The molecule has 3 nitrogen and oxygen atoms in total. The maximum atomic E-state index is 6.46. The van der Waals surface area contributed by atoms with Gasteiger partial charge in [-0.2, -0.15) is 0 Å². The number of ether oxygens (including phenoxy) is 1. The molecule has 0 radical (unpaired) electrons. The van der Waals surface area contributed by atoms with E-state index in [0.717, 1.165) is 42.6 Å². The lowest BCUT2D eigenvalue weighted by Gasteiger charge is -2.35. The van der Waals surface area contributed by atoms with Crippen molar-refractivity contribution in [2.45, 2.75) is 51.3 Å². The predicted octanol–water partition coefficient (Wildman–Crippen LogP) is 3.70. The van der Waals surface area contributed by atoms with E-state index >= 15 is 0 Å². The topological polar surface area (TPSA) is 24.5 Å². The number of hydrogen-bond acceptors (Lipinski definition) is 3. The minimum absolute atomic E-state index is 0.360. The summed E-state index contributed by atoms with van der Waals surface area (Å²) in [7, 11) is 2.01. The highest BCUT2D eigenvalue weighted by molar-refractivity contribution is 6.31. The second-order valence-electron chi connectivity index (χ2n) is 6.85. The third-order valence-electron chi connectivity index (χ3n) is 5.08. The SMILES string of the molecule is CNCC1CC(Oc2ccc(CN3CCC[C@@H]3C)c(Cl)c2)C1. The number of nitrogens with one attached hydrogen (secondary N) is 1. The molecule has 1 saturated carbocycles. The minimum Gasteiger partial charge on any atom is -0.490 e. The van der Waals surface area contributed by atoms with Crippen molar-refractivity contribution in [3.8, 4) is 5.75 Å². The summed E-state index contributed by atoms with van der Waals surface area (Å²) >= 11 is 6.46. The predicted molar refractivity (Wildman–Crippen MR) is 91.6 cm³/mol. The van der Waals surface area contributed by atoms with Crippen molar-refractivity contribution in [2.24, 2.45) is 5.92 Å². The number of likely N-dealkylation sites (tertiary alicyclic amines) is 1. The van der Waals surface area contributed by atoms with E-state index in [9.17, 15) is 0 Å². The number of benzene rings is 1. The van der Waals surface area contributed by atoms with Crippen LogP contribution in [-0.2, 0) is 6.54 Å². The van der Waals surface area contributed by atoms with Gasteiger partial charge in [0.1, 0.15) is 5.75 Å². The van der Waals surface area contributed by atoms with E-state index in [2.05, 4.69) is 29.3 Å². The molecule has 1 aliphatic carbocycles. The Kier molecular flexibility index (Phi) is 5.27. The van der Waals surface area contributed by atoms with Gasteiger partial charge in [0.15, 0.2) is 0 Å².